The lowest BCUT2D eigenvalue weighted by Crippen LogP contribution is -1.80. The predicted molar refractivity (Wildman–Crippen MR) is 68.4 cm³/mol. The highest BCUT2D eigenvalue weighted by Crippen LogP contribution is 2.10. The fraction of sp³-hybridized carbons (Fsp3) is 0.600. The van der Waals surface area contributed by atoms with Gasteiger partial charge in [0.05, 0.1) is 0 Å². The van der Waals surface area contributed by atoms with Crippen LogP contribution >= 0.6 is 0 Å². The topological polar surface area (TPSA) is 0 Å². The highest BCUT2D eigenvalue weighted by Gasteiger charge is 1.91. The quantitative estimate of drug-likeness (QED) is 0.312. The van der Waals surface area contributed by atoms with Gasteiger partial charge in [-0.15, -0.1) is 24.7 Å². The van der Waals surface area contributed by atoms with Crippen LogP contribution in [0.2, 0.25) is 0 Å². The van der Waals surface area contributed by atoms with Gasteiger partial charge in [0.2, 0.25) is 0 Å². The average Bonchev–Trinajstić information content (AvgIpc) is 2.24. The molecule has 0 aliphatic rings. The maximum absolute atomic E-state index is 5.19. The minimum atomic E-state index is 0.912. The number of allylic oxidation sites excluding steroid dienone is 2. The van der Waals surface area contributed by atoms with Crippen molar-refractivity contribution in [1.82, 2.24) is 0 Å². The molecule has 0 bridgehead atoms. The van der Waals surface area contributed by atoms with Gasteiger partial charge < -0.3 is 0 Å². The Bertz CT molecular complexity index is 244. The SMILES string of the molecule is C#CCCCC/C=C(\C)CCCCC#C. The monoisotopic (exact) mass is 202 g/mol. The maximum Gasteiger partial charge on any atom is 0.00861 e. The smallest absolute Gasteiger partial charge is 0.00861 e. The summed E-state index contributed by atoms with van der Waals surface area (Å²) >= 11 is 0. The summed E-state index contributed by atoms with van der Waals surface area (Å²) in [6, 6.07) is 0. The number of hydrogen-bond acceptors (Lipinski definition) is 0. The summed E-state index contributed by atoms with van der Waals surface area (Å²) in [5.74, 6) is 5.33. The lowest BCUT2D eigenvalue weighted by Gasteiger charge is -2.00. The summed E-state index contributed by atoms with van der Waals surface area (Å²) in [4.78, 5) is 0. The molecule has 0 unspecified atom stereocenters. The third kappa shape index (κ3) is 10.8. The van der Waals surface area contributed by atoms with E-state index >= 15 is 0 Å². The minimum Gasteiger partial charge on any atom is -0.120 e. The summed E-state index contributed by atoms with van der Waals surface area (Å²) in [7, 11) is 0. The molecular formula is C15H22. The van der Waals surface area contributed by atoms with Crippen LogP contribution in [-0.4, -0.2) is 0 Å². The molecular weight excluding hydrogens is 180 g/mol. The second-order valence-corrected chi connectivity index (χ2v) is 3.91. The van der Waals surface area contributed by atoms with Crippen LogP contribution in [0.25, 0.3) is 0 Å². The summed E-state index contributed by atoms with van der Waals surface area (Å²) in [5, 5.41) is 0. The van der Waals surface area contributed by atoms with Gasteiger partial charge in [-0.3, -0.25) is 0 Å². The molecule has 0 aromatic rings. The Balaban J connectivity index is 3.37. The molecule has 0 aliphatic heterocycles. The molecule has 0 spiro atoms. The zero-order valence-corrected chi connectivity index (χ0v) is 9.89. The molecule has 0 aromatic carbocycles. The van der Waals surface area contributed by atoms with Crippen molar-refractivity contribution in [3.8, 4) is 24.7 Å². The number of unbranched alkanes of at least 4 members (excludes halogenated alkanes) is 5. The van der Waals surface area contributed by atoms with Crippen LogP contribution in [0, 0.1) is 24.7 Å². The lowest BCUT2D eigenvalue weighted by atomic mass is 10.1. The summed E-state index contributed by atoms with van der Waals surface area (Å²) in [5.41, 5.74) is 1.49. The molecule has 0 heteroatoms. The standard InChI is InChI=1S/C15H22/c1-4-6-8-10-12-14-15(3)13-11-9-7-5-2/h1-2,14H,6-13H2,3H3/b15-14+. The summed E-state index contributed by atoms with van der Waals surface area (Å²) < 4.78 is 0. The van der Waals surface area contributed by atoms with E-state index < -0.39 is 0 Å². The van der Waals surface area contributed by atoms with E-state index in [1.807, 2.05) is 0 Å². The Kier molecular flexibility index (Phi) is 10.1. The molecule has 0 fully saturated rings. The van der Waals surface area contributed by atoms with Crippen LogP contribution in [0.3, 0.4) is 0 Å². The van der Waals surface area contributed by atoms with Gasteiger partial charge in [0.15, 0.2) is 0 Å². The number of rotatable bonds is 8. The lowest BCUT2D eigenvalue weighted by molar-refractivity contribution is 0.735. The van der Waals surface area contributed by atoms with Gasteiger partial charge in [0.25, 0.3) is 0 Å². The van der Waals surface area contributed by atoms with E-state index in [1.54, 1.807) is 0 Å². The average molecular weight is 202 g/mol. The Morgan fingerprint density at radius 3 is 2.20 bits per heavy atom. The van der Waals surface area contributed by atoms with Gasteiger partial charge >= 0.3 is 0 Å². The highest BCUT2D eigenvalue weighted by atomic mass is 14.0. The predicted octanol–water partition coefficient (Wildman–Crippen LogP) is 4.32. The van der Waals surface area contributed by atoms with Gasteiger partial charge in [-0.1, -0.05) is 11.6 Å². The van der Waals surface area contributed by atoms with Gasteiger partial charge in [0.1, 0.15) is 0 Å². The van der Waals surface area contributed by atoms with E-state index in [0.29, 0.717) is 0 Å². The molecule has 0 saturated carbocycles. The van der Waals surface area contributed by atoms with Crippen molar-refractivity contribution >= 4 is 0 Å². The molecule has 0 aromatic heterocycles. The third-order valence-corrected chi connectivity index (χ3v) is 2.41. The molecule has 0 radical (unpaired) electrons. The first-order chi connectivity index (χ1) is 7.31. The Labute approximate surface area is 95.2 Å². The summed E-state index contributed by atoms with van der Waals surface area (Å²) in [6.45, 7) is 2.21. The molecule has 0 aliphatic carbocycles. The fourth-order valence-electron chi connectivity index (χ4n) is 1.45. The van der Waals surface area contributed by atoms with Crippen molar-refractivity contribution in [1.29, 1.82) is 0 Å². The highest BCUT2D eigenvalue weighted by molar-refractivity contribution is 4.98. The van der Waals surface area contributed by atoms with Gasteiger partial charge in [-0.25, -0.2) is 0 Å². The zero-order valence-electron chi connectivity index (χ0n) is 9.89. The van der Waals surface area contributed by atoms with Crippen LogP contribution < -0.4 is 0 Å². The Morgan fingerprint density at radius 1 is 1.00 bits per heavy atom. The normalized spacial score (nSPS) is 10.7. The van der Waals surface area contributed by atoms with Gasteiger partial charge in [-0.05, 0) is 45.4 Å². The molecule has 0 amide bonds. The molecule has 0 atom stereocenters. The van der Waals surface area contributed by atoms with Crippen LogP contribution in [0.15, 0.2) is 11.6 Å². The summed E-state index contributed by atoms with van der Waals surface area (Å²) in [6.07, 6.45) is 21.6. The van der Waals surface area contributed by atoms with Crippen molar-refractivity contribution in [2.24, 2.45) is 0 Å². The molecule has 0 heterocycles. The zero-order chi connectivity index (χ0) is 11.4. The molecule has 0 rings (SSSR count). The van der Waals surface area contributed by atoms with Crippen LogP contribution in [-0.2, 0) is 0 Å². The van der Waals surface area contributed by atoms with E-state index in [9.17, 15) is 0 Å². The largest absolute Gasteiger partial charge is 0.120 e. The molecule has 15 heavy (non-hydrogen) atoms. The number of terminal acetylenes is 2. The third-order valence-electron chi connectivity index (χ3n) is 2.41. The van der Waals surface area contributed by atoms with Crippen molar-refractivity contribution in [2.75, 3.05) is 0 Å². The van der Waals surface area contributed by atoms with Crippen molar-refractivity contribution in [2.45, 2.75) is 58.3 Å². The van der Waals surface area contributed by atoms with Crippen molar-refractivity contribution < 1.29 is 0 Å². The Hall–Kier alpha value is -1.14. The van der Waals surface area contributed by atoms with Crippen LogP contribution in [0.5, 0.6) is 0 Å². The molecule has 0 N–H and O–H groups in total. The van der Waals surface area contributed by atoms with E-state index in [4.69, 9.17) is 12.8 Å². The fourth-order valence-corrected chi connectivity index (χ4v) is 1.45. The van der Waals surface area contributed by atoms with E-state index in [2.05, 4.69) is 24.8 Å². The van der Waals surface area contributed by atoms with Gasteiger partial charge in [-0.2, -0.15) is 0 Å². The molecule has 82 valence electrons. The second-order valence-electron chi connectivity index (χ2n) is 3.91. The number of hydrogen-bond donors (Lipinski definition) is 0. The van der Waals surface area contributed by atoms with E-state index in [0.717, 1.165) is 25.7 Å². The van der Waals surface area contributed by atoms with Gasteiger partial charge in [0, 0.05) is 12.8 Å². The van der Waals surface area contributed by atoms with Crippen LogP contribution in [0.1, 0.15) is 58.3 Å². The molecule has 0 saturated heterocycles. The first kappa shape index (κ1) is 13.9. The molecule has 0 nitrogen and oxygen atoms in total. The maximum atomic E-state index is 5.19. The van der Waals surface area contributed by atoms with Crippen LogP contribution in [0.4, 0.5) is 0 Å². The van der Waals surface area contributed by atoms with E-state index in [-0.39, 0.29) is 0 Å². The van der Waals surface area contributed by atoms with Crippen molar-refractivity contribution in [3.05, 3.63) is 11.6 Å². The first-order valence-electron chi connectivity index (χ1n) is 5.83. The van der Waals surface area contributed by atoms with Crippen molar-refractivity contribution in [3.63, 3.8) is 0 Å². The van der Waals surface area contributed by atoms with E-state index in [1.165, 1.54) is 31.3 Å². The minimum absolute atomic E-state index is 0.912. The second kappa shape index (κ2) is 10.9. The Morgan fingerprint density at radius 2 is 1.60 bits per heavy atom. The first-order valence-corrected chi connectivity index (χ1v) is 5.83.